The maximum Gasteiger partial charge on any atom is 0.293 e. The number of halogens is 1. The second-order valence-corrected chi connectivity index (χ2v) is 6.90. The van der Waals surface area contributed by atoms with E-state index in [-0.39, 0.29) is 29.2 Å². The predicted molar refractivity (Wildman–Crippen MR) is 100 cm³/mol. The lowest BCUT2D eigenvalue weighted by molar-refractivity contribution is -0.384. The predicted octanol–water partition coefficient (Wildman–Crippen LogP) is 4.09. The van der Waals surface area contributed by atoms with E-state index in [0.717, 1.165) is 0 Å². The average molecular weight is 375 g/mol. The van der Waals surface area contributed by atoms with Gasteiger partial charge in [-0.05, 0) is 50.2 Å². The first-order valence-corrected chi connectivity index (χ1v) is 8.72. The summed E-state index contributed by atoms with van der Waals surface area (Å²) in [5, 5.41) is 12.1. The van der Waals surface area contributed by atoms with Crippen LogP contribution < -0.4 is 4.90 Å². The van der Waals surface area contributed by atoms with Crippen LogP contribution in [-0.4, -0.2) is 36.0 Å². The minimum atomic E-state index is -0.446. The molecule has 0 spiro atoms. The number of ether oxygens (including phenoxy) is 1. The molecule has 0 aliphatic carbocycles. The lowest BCUT2D eigenvalue weighted by Gasteiger charge is -2.36. The summed E-state index contributed by atoms with van der Waals surface area (Å²) in [6.45, 7) is 5.01. The van der Waals surface area contributed by atoms with Crippen LogP contribution in [0, 0.1) is 10.1 Å². The smallest absolute Gasteiger partial charge is 0.293 e. The highest BCUT2D eigenvalue weighted by atomic mass is 35.5. The number of ketones is 1. The molecule has 2 atom stereocenters. The SMILES string of the molecule is C[C@@H]1CN(c2ccc(C(=O)c3ccc(Cl)cc3)cc2[N+](=O)[O-])C[C@H](C)O1. The second-order valence-electron chi connectivity index (χ2n) is 6.46. The number of hydrogen-bond donors (Lipinski definition) is 0. The molecule has 0 bridgehead atoms. The number of morpholine rings is 1. The summed E-state index contributed by atoms with van der Waals surface area (Å²) >= 11 is 5.84. The van der Waals surface area contributed by atoms with Crippen LogP contribution in [-0.2, 0) is 4.74 Å². The fraction of sp³-hybridized carbons (Fsp3) is 0.316. The molecule has 1 fully saturated rings. The number of nitro benzene ring substituents is 1. The maximum absolute atomic E-state index is 12.6. The van der Waals surface area contributed by atoms with Gasteiger partial charge < -0.3 is 9.64 Å². The third-order valence-electron chi connectivity index (χ3n) is 4.30. The van der Waals surface area contributed by atoms with Crippen LogP contribution in [0.4, 0.5) is 11.4 Å². The molecule has 2 aromatic rings. The summed E-state index contributed by atoms with van der Waals surface area (Å²) in [6, 6.07) is 11.1. The van der Waals surface area contributed by atoms with Crippen molar-refractivity contribution >= 4 is 28.8 Å². The normalized spacial score (nSPS) is 20.0. The number of nitrogens with zero attached hydrogens (tertiary/aromatic N) is 2. The van der Waals surface area contributed by atoms with E-state index in [4.69, 9.17) is 16.3 Å². The van der Waals surface area contributed by atoms with Gasteiger partial charge in [0.15, 0.2) is 5.78 Å². The number of carbonyl (C=O) groups excluding carboxylic acids is 1. The molecule has 0 amide bonds. The Morgan fingerprint density at radius 1 is 1.12 bits per heavy atom. The van der Waals surface area contributed by atoms with Gasteiger partial charge in [-0.2, -0.15) is 0 Å². The molecule has 3 rings (SSSR count). The molecule has 136 valence electrons. The van der Waals surface area contributed by atoms with Gasteiger partial charge in [0.25, 0.3) is 5.69 Å². The van der Waals surface area contributed by atoms with Gasteiger partial charge in [0.1, 0.15) is 5.69 Å². The van der Waals surface area contributed by atoms with Crippen LogP contribution in [0.25, 0.3) is 0 Å². The Labute approximate surface area is 156 Å². The topological polar surface area (TPSA) is 72.7 Å². The Balaban J connectivity index is 1.95. The van der Waals surface area contributed by atoms with E-state index >= 15 is 0 Å². The van der Waals surface area contributed by atoms with Gasteiger partial charge in [0, 0.05) is 35.3 Å². The van der Waals surface area contributed by atoms with Crippen molar-refractivity contribution in [3.63, 3.8) is 0 Å². The van der Waals surface area contributed by atoms with Crippen LogP contribution in [0.2, 0.25) is 5.02 Å². The molecule has 1 heterocycles. The zero-order valence-electron chi connectivity index (χ0n) is 14.5. The summed E-state index contributed by atoms with van der Waals surface area (Å²) in [4.78, 5) is 25.7. The van der Waals surface area contributed by atoms with Crippen LogP contribution in [0.1, 0.15) is 29.8 Å². The first kappa shape index (κ1) is 18.4. The molecule has 0 saturated carbocycles. The van der Waals surface area contributed by atoms with Crippen LogP contribution >= 0.6 is 11.6 Å². The van der Waals surface area contributed by atoms with Gasteiger partial charge in [0.05, 0.1) is 17.1 Å². The molecule has 2 aromatic carbocycles. The summed E-state index contributed by atoms with van der Waals surface area (Å²) in [6.07, 6.45) is -0.0394. The average Bonchev–Trinajstić information content (AvgIpc) is 2.60. The minimum Gasteiger partial charge on any atom is -0.372 e. The van der Waals surface area contributed by atoms with Gasteiger partial charge in [-0.3, -0.25) is 14.9 Å². The molecule has 1 aliphatic rings. The maximum atomic E-state index is 12.6. The molecular weight excluding hydrogens is 356 g/mol. The zero-order valence-corrected chi connectivity index (χ0v) is 15.3. The highest BCUT2D eigenvalue weighted by Gasteiger charge is 2.28. The molecule has 26 heavy (non-hydrogen) atoms. The van der Waals surface area contributed by atoms with E-state index in [1.54, 1.807) is 36.4 Å². The summed E-state index contributed by atoms with van der Waals surface area (Å²) < 4.78 is 5.69. The van der Waals surface area contributed by atoms with E-state index in [2.05, 4.69) is 0 Å². The van der Waals surface area contributed by atoms with E-state index in [1.165, 1.54) is 6.07 Å². The number of anilines is 1. The second kappa shape index (κ2) is 7.43. The molecule has 1 saturated heterocycles. The van der Waals surface area contributed by atoms with Crippen molar-refractivity contribution in [2.45, 2.75) is 26.1 Å². The molecular formula is C19H19ClN2O4. The van der Waals surface area contributed by atoms with Crippen molar-refractivity contribution < 1.29 is 14.5 Å². The summed E-state index contributed by atoms with van der Waals surface area (Å²) in [5.74, 6) is -0.278. The number of nitro groups is 1. The molecule has 1 aliphatic heterocycles. The van der Waals surface area contributed by atoms with Gasteiger partial charge in [-0.25, -0.2) is 0 Å². The lowest BCUT2D eigenvalue weighted by Crippen LogP contribution is -2.45. The Kier molecular flexibility index (Phi) is 5.25. The summed E-state index contributed by atoms with van der Waals surface area (Å²) in [5.41, 5.74) is 1.14. The van der Waals surface area contributed by atoms with Gasteiger partial charge in [-0.15, -0.1) is 0 Å². The van der Waals surface area contributed by atoms with E-state index in [0.29, 0.717) is 29.4 Å². The quantitative estimate of drug-likeness (QED) is 0.457. The monoisotopic (exact) mass is 374 g/mol. The molecule has 0 N–H and O–H groups in total. The molecule has 0 unspecified atom stereocenters. The van der Waals surface area contributed by atoms with Crippen molar-refractivity contribution in [1.29, 1.82) is 0 Å². The first-order valence-electron chi connectivity index (χ1n) is 8.34. The largest absolute Gasteiger partial charge is 0.372 e. The van der Waals surface area contributed by atoms with Crippen molar-refractivity contribution in [2.24, 2.45) is 0 Å². The van der Waals surface area contributed by atoms with Crippen molar-refractivity contribution in [2.75, 3.05) is 18.0 Å². The number of benzene rings is 2. The molecule has 7 heteroatoms. The van der Waals surface area contributed by atoms with Crippen LogP contribution in [0.3, 0.4) is 0 Å². The number of hydrogen-bond acceptors (Lipinski definition) is 5. The van der Waals surface area contributed by atoms with Crippen LogP contribution in [0.15, 0.2) is 42.5 Å². The first-order chi connectivity index (χ1) is 12.3. The zero-order chi connectivity index (χ0) is 18.8. The highest BCUT2D eigenvalue weighted by molar-refractivity contribution is 6.30. The van der Waals surface area contributed by atoms with E-state index in [9.17, 15) is 14.9 Å². The Morgan fingerprint density at radius 3 is 2.27 bits per heavy atom. The Bertz CT molecular complexity index is 828. The number of rotatable bonds is 4. The van der Waals surface area contributed by atoms with Gasteiger partial charge in [-0.1, -0.05) is 11.6 Å². The van der Waals surface area contributed by atoms with Gasteiger partial charge in [0.2, 0.25) is 0 Å². The van der Waals surface area contributed by atoms with E-state index in [1.807, 2.05) is 18.7 Å². The molecule has 6 nitrogen and oxygen atoms in total. The fourth-order valence-corrected chi connectivity index (χ4v) is 3.35. The van der Waals surface area contributed by atoms with Crippen LogP contribution in [0.5, 0.6) is 0 Å². The van der Waals surface area contributed by atoms with Crippen molar-refractivity contribution in [3.8, 4) is 0 Å². The Morgan fingerprint density at radius 2 is 1.69 bits per heavy atom. The number of carbonyl (C=O) groups is 1. The third kappa shape index (κ3) is 3.86. The lowest BCUT2D eigenvalue weighted by atomic mass is 10.0. The summed E-state index contributed by atoms with van der Waals surface area (Å²) in [7, 11) is 0. The standard InChI is InChI=1S/C19H19ClN2O4/c1-12-10-21(11-13(2)26-12)17-8-5-15(9-18(17)22(24)25)19(23)14-3-6-16(20)7-4-14/h3-9,12-13H,10-11H2,1-2H3/t12-,13+. The van der Waals surface area contributed by atoms with Crippen molar-refractivity contribution in [1.82, 2.24) is 0 Å². The fourth-order valence-electron chi connectivity index (χ4n) is 3.22. The van der Waals surface area contributed by atoms with E-state index < -0.39 is 4.92 Å². The molecule has 0 radical (unpaired) electrons. The Hall–Kier alpha value is -2.44. The van der Waals surface area contributed by atoms with Gasteiger partial charge >= 0.3 is 0 Å². The molecule has 0 aromatic heterocycles. The minimum absolute atomic E-state index is 0.0197. The van der Waals surface area contributed by atoms with Crippen molar-refractivity contribution in [3.05, 3.63) is 68.7 Å². The highest BCUT2D eigenvalue weighted by Crippen LogP contribution is 2.32. The third-order valence-corrected chi connectivity index (χ3v) is 4.55.